The maximum Gasteiger partial charge on any atom is 0.272 e. The first-order valence-electron chi connectivity index (χ1n) is 9.26. The van der Waals surface area contributed by atoms with Crippen molar-refractivity contribution in [2.45, 2.75) is 30.3 Å². The zero-order chi connectivity index (χ0) is 21.6. The maximum atomic E-state index is 12.8. The van der Waals surface area contributed by atoms with Crippen LogP contribution in [0.2, 0.25) is 0 Å². The number of rotatable bonds is 9. The van der Waals surface area contributed by atoms with Gasteiger partial charge in [-0.3, -0.25) is 10.1 Å². The number of aromatic nitrogens is 2. The van der Waals surface area contributed by atoms with Crippen LogP contribution in [0.1, 0.15) is 18.9 Å². The lowest BCUT2D eigenvalue weighted by molar-refractivity contribution is -0.122. The number of carbonyl (C=O) groups is 1. The molecular weight excluding hydrogens is 424 g/mol. The number of nitrogens with zero attached hydrogens (tertiary/aromatic N) is 3. The molecule has 0 radical (unpaired) electrons. The average Bonchev–Trinajstić information content (AvgIpc) is 3.22. The van der Waals surface area contributed by atoms with Gasteiger partial charge >= 0.3 is 0 Å². The Kier molecular flexibility index (Phi) is 7.14. The Morgan fingerprint density at radius 3 is 2.37 bits per heavy atom. The molecule has 10 heteroatoms. The molecule has 3 aromatic rings. The van der Waals surface area contributed by atoms with E-state index in [1.165, 1.54) is 11.4 Å². The number of sulfonamides is 1. The molecule has 0 spiro atoms. The van der Waals surface area contributed by atoms with Crippen LogP contribution in [0.15, 0.2) is 65.0 Å². The first-order valence-corrected chi connectivity index (χ1v) is 11.5. The third kappa shape index (κ3) is 5.41. The lowest BCUT2D eigenvalue weighted by atomic mass is 10.2. The van der Waals surface area contributed by atoms with Gasteiger partial charge in [0, 0.05) is 13.6 Å². The van der Waals surface area contributed by atoms with E-state index in [9.17, 15) is 13.2 Å². The highest BCUT2D eigenvalue weighted by atomic mass is 32.2. The molecule has 1 atom stereocenters. The van der Waals surface area contributed by atoms with E-state index in [1.807, 2.05) is 55.5 Å². The zero-order valence-corrected chi connectivity index (χ0v) is 18.2. The third-order valence-corrected chi connectivity index (χ3v) is 7.19. The number of benzene rings is 2. The molecule has 1 aromatic heterocycles. The van der Waals surface area contributed by atoms with E-state index in [0.29, 0.717) is 12.2 Å². The van der Waals surface area contributed by atoms with Gasteiger partial charge in [0.25, 0.3) is 15.9 Å². The zero-order valence-electron chi connectivity index (χ0n) is 16.6. The van der Waals surface area contributed by atoms with Crippen molar-refractivity contribution in [3.05, 3.63) is 66.2 Å². The van der Waals surface area contributed by atoms with E-state index in [4.69, 9.17) is 4.74 Å². The number of amides is 1. The van der Waals surface area contributed by atoms with Gasteiger partial charge in [-0.2, -0.15) is 4.31 Å². The van der Waals surface area contributed by atoms with E-state index >= 15 is 0 Å². The monoisotopic (exact) mass is 446 g/mol. The molecule has 1 N–H and O–H groups in total. The first-order chi connectivity index (χ1) is 14.4. The van der Waals surface area contributed by atoms with Gasteiger partial charge < -0.3 is 4.74 Å². The fourth-order valence-corrected chi connectivity index (χ4v) is 4.84. The van der Waals surface area contributed by atoms with Gasteiger partial charge in [0.15, 0.2) is 6.10 Å². The van der Waals surface area contributed by atoms with Crippen LogP contribution in [0.5, 0.6) is 5.75 Å². The minimum atomic E-state index is -3.83. The molecule has 0 aliphatic rings. The topological polar surface area (TPSA) is 101 Å². The summed E-state index contributed by atoms with van der Waals surface area (Å²) in [7, 11) is -2.36. The molecular formula is C20H22N4O4S2. The number of carbonyl (C=O) groups excluding carboxylic acids is 1. The van der Waals surface area contributed by atoms with Crippen molar-refractivity contribution in [2.24, 2.45) is 0 Å². The van der Waals surface area contributed by atoms with Crippen molar-refractivity contribution >= 4 is 32.4 Å². The molecule has 8 nitrogen and oxygen atoms in total. The molecule has 0 saturated heterocycles. The van der Waals surface area contributed by atoms with Gasteiger partial charge in [-0.05, 0) is 24.1 Å². The quantitative estimate of drug-likeness (QED) is 0.507. The Morgan fingerprint density at radius 1 is 1.10 bits per heavy atom. The Balaban J connectivity index is 1.66. The summed E-state index contributed by atoms with van der Waals surface area (Å²) in [4.78, 5) is 12.5. The Hall–Kier alpha value is -2.82. The van der Waals surface area contributed by atoms with Crippen molar-refractivity contribution in [1.29, 1.82) is 0 Å². The summed E-state index contributed by atoms with van der Waals surface area (Å²) >= 11 is 0.802. The lowest BCUT2D eigenvalue weighted by Gasteiger charge is -2.16. The SMILES string of the molecule is CC[C@@H](Oc1ccccc1)C(=O)Nc1nnc(S(=O)(=O)N(C)Cc2ccccc2)s1. The number of hydrogen-bond acceptors (Lipinski definition) is 7. The van der Waals surface area contributed by atoms with E-state index in [2.05, 4.69) is 15.5 Å². The van der Waals surface area contributed by atoms with Crippen LogP contribution in [0.4, 0.5) is 5.13 Å². The molecule has 3 rings (SSSR count). The average molecular weight is 447 g/mol. The molecule has 0 fully saturated rings. The summed E-state index contributed by atoms with van der Waals surface area (Å²) < 4.78 is 32.2. The fraction of sp³-hybridized carbons (Fsp3) is 0.250. The molecule has 158 valence electrons. The lowest BCUT2D eigenvalue weighted by Crippen LogP contribution is -2.32. The largest absolute Gasteiger partial charge is 0.481 e. The van der Waals surface area contributed by atoms with Crippen LogP contribution >= 0.6 is 11.3 Å². The number of nitrogens with one attached hydrogen (secondary N) is 1. The van der Waals surface area contributed by atoms with Gasteiger partial charge in [-0.15, -0.1) is 10.2 Å². The molecule has 0 aliphatic heterocycles. The smallest absolute Gasteiger partial charge is 0.272 e. The van der Waals surface area contributed by atoms with Crippen molar-refractivity contribution in [3.8, 4) is 5.75 Å². The predicted molar refractivity (Wildman–Crippen MR) is 115 cm³/mol. The molecule has 2 aromatic carbocycles. The number of para-hydroxylation sites is 1. The van der Waals surface area contributed by atoms with E-state index < -0.39 is 22.0 Å². The van der Waals surface area contributed by atoms with Crippen LogP contribution in [-0.2, 0) is 21.4 Å². The summed E-state index contributed by atoms with van der Waals surface area (Å²) in [5, 5.41) is 10.3. The third-order valence-electron chi connectivity index (χ3n) is 4.20. The predicted octanol–water partition coefficient (Wildman–Crippen LogP) is 3.15. The van der Waals surface area contributed by atoms with E-state index in [0.717, 1.165) is 16.9 Å². The number of ether oxygens (including phenoxy) is 1. The van der Waals surface area contributed by atoms with Gasteiger partial charge in [0.2, 0.25) is 9.47 Å². The van der Waals surface area contributed by atoms with Crippen LogP contribution in [-0.4, -0.2) is 42.0 Å². The van der Waals surface area contributed by atoms with Gasteiger partial charge in [0.1, 0.15) is 5.75 Å². The van der Waals surface area contributed by atoms with Crippen LogP contribution < -0.4 is 10.1 Å². The molecule has 1 amide bonds. The minimum absolute atomic E-state index is 0.0989. The summed E-state index contributed by atoms with van der Waals surface area (Å²) in [6, 6.07) is 18.2. The fourth-order valence-electron chi connectivity index (χ4n) is 2.59. The summed E-state index contributed by atoms with van der Waals surface area (Å²) in [5.74, 6) is 0.154. The van der Waals surface area contributed by atoms with E-state index in [-0.39, 0.29) is 16.0 Å². The Morgan fingerprint density at radius 2 is 1.73 bits per heavy atom. The number of anilines is 1. The Labute approximate surface area is 179 Å². The highest BCUT2D eigenvalue weighted by Gasteiger charge is 2.27. The van der Waals surface area contributed by atoms with Crippen molar-refractivity contribution < 1.29 is 17.9 Å². The van der Waals surface area contributed by atoms with Crippen molar-refractivity contribution in [1.82, 2.24) is 14.5 Å². The molecule has 0 unspecified atom stereocenters. The van der Waals surface area contributed by atoms with Crippen LogP contribution in [0.3, 0.4) is 0 Å². The minimum Gasteiger partial charge on any atom is -0.481 e. The normalized spacial score (nSPS) is 12.5. The molecule has 0 aliphatic carbocycles. The van der Waals surface area contributed by atoms with Crippen molar-refractivity contribution in [3.63, 3.8) is 0 Å². The second kappa shape index (κ2) is 9.79. The van der Waals surface area contributed by atoms with Crippen LogP contribution in [0, 0.1) is 0 Å². The van der Waals surface area contributed by atoms with Gasteiger partial charge in [-0.1, -0.05) is 66.8 Å². The van der Waals surface area contributed by atoms with E-state index in [1.54, 1.807) is 12.1 Å². The Bertz CT molecular complexity index is 1070. The maximum absolute atomic E-state index is 12.8. The van der Waals surface area contributed by atoms with Gasteiger partial charge in [0.05, 0.1) is 0 Å². The number of hydrogen-bond donors (Lipinski definition) is 1. The summed E-state index contributed by atoms with van der Waals surface area (Å²) in [6.07, 6.45) is -0.304. The molecule has 0 saturated carbocycles. The highest BCUT2D eigenvalue weighted by molar-refractivity contribution is 7.91. The van der Waals surface area contributed by atoms with Crippen LogP contribution in [0.25, 0.3) is 0 Å². The highest BCUT2D eigenvalue weighted by Crippen LogP contribution is 2.24. The van der Waals surface area contributed by atoms with Gasteiger partial charge in [-0.25, -0.2) is 8.42 Å². The molecule has 1 heterocycles. The second-order valence-electron chi connectivity index (χ2n) is 6.44. The molecule has 30 heavy (non-hydrogen) atoms. The standard InChI is InChI=1S/C20H22N4O4S2/c1-3-17(28-16-12-8-5-9-13-16)18(25)21-19-22-23-20(29-19)30(26,27)24(2)14-15-10-6-4-7-11-15/h4-13,17H,3,14H2,1-2H3,(H,21,22,25)/t17-/m1/s1. The second-order valence-corrected chi connectivity index (χ2v) is 9.63. The summed E-state index contributed by atoms with van der Waals surface area (Å²) in [5.41, 5.74) is 0.852. The first kappa shape index (κ1) is 21.9. The molecule has 0 bridgehead atoms. The van der Waals surface area contributed by atoms with Crippen molar-refractivity contribution in [2.75, 3.05) is 12.4 Å². The summed E-state index contributed by atoms with van der Waals surface area (Å²) in [6.45, 7) is 2.02.